The van der Waals surface area contributed by atoms with Crippen LogP contribution in [0.25, 0.3) is 0 Å². The summed E-state index contributed by atoms with van der Waals surface area (Å²) in [4.78, 5) is 4.68. The van der Waals surface area contributed by atoms with E-state index < -0.39 is 0 Å². The molecule has 0 aromatic heterocycles. The summed E-state index contributed by atoms with van der Waals surface area (Å²) in [6, 6.07) is 18.6. The number of aryl methyl sites for hydroxylation is 1. The van der Waals surface area contributed by atoms with Crippen LogP contribution in [0.2, 0.25) is 0 Å². The van der Waals surface area contributed by atoms with Crippen molar-refractivity contribution in [3.05, 3.63) is 71.8 Å². The van der Waals surface area contributed by atoms with Crippen LogP contribution in [0.15, 0.2) is 60.7 Å². The first kappa shape index (κ1) is 21.0. The van der Waals surface area contributed by atoms with Crippen molar-refractivity contribution < 1.29 is 0 Å². The zero-order chi connectivity index (χ0) is 21.3. The molecule has 2 nitrogen and oxygen atoms in total. The molecule has 0 radical (unpaired) electrons. The van der Waals surface area contributed by atoms with E-state index in [2.05, 4.69) is 105 Å². The Kier molecular flexibility index (Phi) is 6.22. The van der Waals surface area contributed by atoms with Crippen molar-refractivity contribution in [2.75, 3.05) is 30.9 Å². The Morgan fingerprint density at radius 3 is 2.47 bits per heavy atom. The van der Waals surface area contributed by atoms with E-state index in [9.17, 15) is 0 Å². The zero-order valence-electron chi connectivity index (χ0n) is 19.4. The lowest BCUT2D eigenvalue weighted by Gasteiger charge is -2.39. The third-order valence-corrected chi connectivity index (χ3v) is 7.62. The molecule has 4 rings (SSSR count). The number of allylic oxidation sites excluding steroid dienone is 1. The van der Waals surface area contributed by atoms with Crippen molar-refractivity contribution in [1.29, 1.82) is 0 Å². The molecule has 5 unspecified atom stereocenters. The molecular weight excluding hydrogens is 364 g/mol. The van der Waals surface area contributed by atoms with Crippen LogP contribution in [-0.4, -0.2) is 27.2 Å². The fraction of sp³-hybridized carbons (Fsp3) is 0.500. The van der Waals surface area contributed by atoms with Gasteiger partial charge in [0.05, 0.1) is 0 Å². The highest BCUT2D eigenvalue weighted by Gasteiger charge is 2.33. The molecule has 1 saturated carbocycles. The summed E-state index contributed by atoms with van der Waals surface area (Å²) in [6.07, 6.45) is 10.1. The van der Waals surface area contributed by atoms with E-state index in [1.807, 2.05) is 0 Å². The lowest BCUT2D eigenvalue weighted by molar-refractivity contribution is 0.207. The van der Waals surface area contributed by atoms with Gasteiger partial charge in [0.25, 0.3) is 0 Å². The van der Waals surface area contributed by atoms with Gasteiger partial charge in [-0.05, 0) is 78.7 Å². The van der Waals surface area contributed by atoms with E-state index in [-0.39, 0.29) is 0 Å². The fourth-order valence-electron chi connectivity index (χ4n) is 5.68. The average Bonchev–Trinajstić information content (AvgIpc) is 2.75. The van der Waals surface area contributed by atoms with Gasteiger partial charge in [-0.3, -0.25) is 0 Å². The molecule has 0 amide bonds. The zero-order valence-corrected chi connectivity index (χ0v) is 19.4. The molecular formula is C28H38N2. The summed E-state index contributed by atoms with van der Waals surface area (Å²) in [5, 5.41) is 0. The summed E-state index contributed by atoms with van der Waals surface area (Å²) >= 11 is 0. The number of likely N-dealkylation sites (N-methyl/N-ethyl adjacent to an activating group) is 1. The average molecular weight is 403 g/mol. The largest absolute Gasteiger partial charge is 0.378 e. The van der Waals surface area contributed by atoms with Gasteiger partial charge in [0.1, 0.15) is 0 Å². The fourth-order valence-corrected chi connectivity index (χ4v) is 5.68. The first-order valence-corrected chi connectivity index (χ1v) is 11.7. The van der Waals surface area contributed by atoms with Gasteiger partial charge in [-0.25, -0.2) is 0 Å². The second-order valence-corrected chi connectivity index (χ2v) is 9.93. The second-order valence-electron chi connectivity index (χ2n) is 9.93. The van der Waals surface area contributed by atoms with Crippen LogP contribution in [0.5, 0.6) is 0 Å². The van der Waals surface area contributed by atoms with Gasteiger partial charge < -0.3 is 9.80 Å². The molecule has 2 aromatic rings. The molecule has 1 heterocycles. The Balaban J connectivity index is 1.49. The van der Waals surface area contributed by atoms with E-state index in [4.69, 9.17) is 0 Å². The van der Waals surface area contributed by atoms with Gasteiger partial charge >= 0.3 is 0 Å². The minimum absolute atomic E-state index is 0.502. The quantitative estimate of drug-likeness (QED) is 0.537. The van der Waals surface area contributed by atoms with Crippen LogP contribution >= 0.6 is 0 Å². The van der Waals surface area contributed by atoms with Crippen LogP contribution in [0.4, 0.5) is 11.4 Å². The van der Waals surface area contributed by atoms with E-state index in [1.165, 1.54) is 48.2 Å². The number of fused-ring (bicyclic) bond motifs is 1. The molecule has 0 bridgehead atoms. The molecule has 30 heavy (non-hydrogen) atoms. The van der Waals surface area contributed by atoms with E-state index in [0.717, 1.165) is 5.92 Å². The maximum absolute atomic E-state index is 2.57. The van der Waals surface area contributed by atoms with Crippen LogP contribution in [-0.2, 0) is 6.42 Å². The molecule has 5 atom stereocenters. The molecule has 1 fully saturated rings. The summed E-state index contributed by atoms with van der Waals surface area (Å²) < 4.78 is 0. The van der Waals surface area contributed by atoms with Gasteiger partial charge in [-0.15, -0.1) is 0 Å². The maximum atomic E-state index is 2.57. The lowest BCUT2D eigenvalue weighted by atomic mass is 9.66. The van der Waals surface area contributed by atoms with Gasteiger partial charge in [0, 0.05) is 38.6 Å². The minimum atomic E-state index is 0.502. The predicted octanol–water partition coefficient (Wildman–Crippen LogP) is 6.53. The van der Waals surface area contributed by atoms with Crippen molar-refractivity contribution in [2.24, 2.45) is 17.8 Å². The number of hydrogen-bond acceptors (Lipinski definition) is 2. The van der Waals surface area contributed by atoms with Gasteiger partial charge in [-0.1, -0.05) is 56.3 Å². The van der Waals surface area contributed by atoms with Crippen molar-refractivity contribution >= 4 is 11.4 Å². The van der Waals surface area contributed by atoms with Crippen molar-refractivity contribution in [3.8, 4) is 0 Å². The molecule has 2 aromatic carbocycles. The standard InChI is InChI=1S/C28H38N2/c1-20-17-23(21(2)27(18-20)22-9-7-6-8-10-22)11-13-25-14-12-24-19-26(29(3)4)15-16-28(24)30(25)5/h6-11,13,15-16,19-21,23,25,27H,12,14,17-18H2,1-5H3/b13-11-. The SMILES string of the molecule is CC1CC(/C=C\C2CCc3cc(N(C)C)ccc3N2C)C(C)C(c2ccccc2)C1. The van der Waals surface area contributed by atoms with Gasteiger partial charge in [0.15, 0.2) is 0 Å². The van der Waals surface area contributed by atoms with E-state index >= 15 is 0 Å². The predicted molar refractivity (Wildman–Crippen MR) is 131 cm³/mol. The molecule has 2 heteroatoms. The molecule has 1 aliphatic heterocycles. The molecule has 160 valence electrons. The smallest absolute Gasteiger partial charge is 0.0473 e. The van der Waals surface area contributed by atoms with E-state index in [1.54, 1.807) is 0 Å². The van der Waals surface area contributed by atoms with E-state index in [0.29, 0.717) is 23.8 Å². The first-order chi connectivity index (χ1) is 14.4. The topological polar surface area (TPSA) is 6.48 Å². The Morgan fingerprint density at radius 1 is 0.967 bits per heavy atom. The van der Waals surface area contributed by atoms with Gasteiger partial charge in [0.2, 0.25) is 0 Å². The Labute approximate surface area is 183 Å². The monoisotopic (exact) mass is 402 g/mol. The van der Waals surface area contributed by atoms with Crippen LogP contribution in [0.1, 0.15) is 50.2 Å². The number of rotatable bonds is 4. The number of nitrogens with zero attached hydrogens (tertiary/aromatic N) is 2. The third-order valence-electron chi connectivity index (χ3n) is 7.62. The molecule has 0 spiro atoms. The summed E-state index contributed by atoms with van der Waals surface area (Å²) in [5.74, 6) is 2.84. The number of anilines is 2. The Bertz CT molecular complexity index is 869. The minimum Gasteiger partial charge on any atom is -0.378 e. The summed E-state index contributed by atoms with van der Waals surface area (Å²) in [6.45, 7) is 4.91. The Hall–Kier alpha value is -2.22. The lowest BCUT2D eigenvalue weighted by Crippen LogP contribution is -2.35. The van der Waals surface area contributed by atoms with Crippen molar-refractivity contribution in [1.82, 2.24) is 0 Å². The Morgan fingerprint density at radius 2 is 1.73 bits per heavy atom. The molecule has 1 aliphatic carbocycles. The van der Waals surface area contributed by atoms with Crippen molar-refractivity contribution in [3.63, 3.8) is 0 Å². The molecule has 0 N–H and O–H groups in total. The molecule has 2 aliphatic rings. The maximum Gasteiger partial charge on any atom is 0.0473 e. The van der Waals surface area contributed by atoms with Crippen LogP contribution < -0.4 is 9.80 Å². The second kappa shape index (κ2) is 8.88. The first-order valence-electron chi connectivity index (χ1n) is 11.7. The highest BCUT2D eigenvalue weighted by molar-refractivity contribution is 5.63. The number of benzene rings is 2. The van der Waals surface area contributed by atoms with Crippen LogP contribution in [0, 0.1) is 17.8 Å². The summed E-state index contributed by atoms with van der Waals surface area (Å²) in [7, 11) is 6.51. The van der Waals surface area contributed by atoms with Crippen LogP contribution in [0.3, 0.4) is 0 Å². The highest BCUT2D eigenvalue weighted by atomic mass is 15.1. The summed E-state index contributed by atoms with van der Waals surface area (Å²) in [5.41, 5.74) is 5.70. The number of hydrogen-bond donors (Lipinski definition) is 0. The van der Waals surface area contributed by atoms with Gasteiger partial charge in [-0.2, -0.15) is 0 Å². The van der Waals surface area contributed by atoms with Crippen molar-refractivity contribution in [2.45, 2.75) is 51.5 Å². The molecule has 0 saturated heterocycles. The highest BCUT2D eigenvalue weighted by Crippen LogP contribution is 2.44. The normalized spacial score (nSPS) is 29.1. The third kappa shape index (κ3) is 4.29.